The standard InChI is InChI=1S/C15H27NO/c1-14(2)8-5-7-12(13(14)17)11-16-10-6-9-15(16,3)4/h12H,5-11H2,1-4H3. The molecule has 0 bridgehead atoms. The van der Waals surface area contributed by atoms with Crippen molar-refractivity contribution in [1.82, 2.24) is 4.90 Å². The van der Waals surface area contributed by atoms with Crippen LogP contribution in [0.3, 0.4) is 0 Å². The molecule has 1 saturated heterocycles. The van der Waals surface area contributed by atoms with E-state index >= 15 is 0 Å². The van der Waals surface area contributed by atoms with E-state index in [1.54, 1.807) is 0 Å². The summed E-state index contributed by atoms with van der Waals surface area (Å²) in [5, 5.41) is 0. The maximum absolute atomic E-state index is 12.4. The zero-order valence-electron chi connectivity index (χ0n) is 11.9. The Morgan fingerprint density at radius 1 is 1.18 bits per heavy atom. The molecule has 2 rings (SSSR count). The van der Waals surface area contributed by atoms with Gasteiger partial charge in [0.25, 0.3) is 0 Å². The Morgan fingerprint density at radius 2 is 1.88 bits per heavy atom. The second-order valence-corrected chi connectivity index (χ2v) is 7.20. The fourth-order valence-corrected chi connectivity index (χ4v) is 3.54. The molecule has 1 heterocycles. The summed E-state index contributed by atoms with van der Waals surface area (Å²) in [7, 11) is 0. The van der Waals surface area contributed by atoms with Gasteiger partial charge in [0, 0.05) is 23.4 Å². The fourth-order valence-electron chi connectivity index (χ4n) is 3.54. The van der Waals surface area contributed by atoms with Gasteiger partial charge in [-0.1, -0.05) is 20.3 Å². The predicted octanol–water partition coefficient (Wildman–Crippen LogP) is 3.26. The van der Waals surface area contributed by atoms with Gasteiger partial charge < -0.3 is 0 Å². The third kappa shape index (κ3) is 2.57. The molecule has 2 fully saturated rings. The van der Waals surface area contributed by atoms with Gasteiger partial charge in [0.1, 0.15) is 5.78 Å². The van der Waals surface area contributed by atoms with E-state index in [1.165, 1.54) is 25.8 Å². The molecule has 0 N–H and O–H groups in total. The summed E-state index contributed by atoms with van der Waals surface area (Å²) in [6, 6.07) is 0. The lowest BCUT2D eigenvalue weighted by Crippen LogP contribution is -2.46. The molecule has 0 aromatic rings. The molecule has 1 saturated carbocycles. The maximum atomic E-state index is 12.4. The topological polar surface area (TPSA) is 20.3 Å². The van der Waals surface area contributed by atoms with Crippen LogP contribution in [0.1, 0.15) is 59.8 Å². The molecule has 2 nitrogen and oxygen atoms in total. The van der Waals surface area contributed by atoms with Crippen molar-refractivity contribution in [3.8, 4) is 0 Å². The highest BCUT2D eigenvalue weighted by Crippen LogP contribution is 2.37. The number of carbonyl (C=O) groups excluding carboxylic acids is 1. The smallest absolute Gasteiger partial charge is 0.142 e. The Morgan fingerprint density at radius 3 is 2.47 bits per heavy atom. The Kier molecular flexibility index (Phi) is 3.37. The van der Waals surface area contributed by atoms with E-state index in [1.807, 2.05) is 0 Å². The van der Waals surface area contributed by atoms with Gasteiger partial charge in [-0.2, -0.15) is 0 Å². The highest BCUT2D eigenvalue weighted by molar-refractivity contribution is 5.87. The van der Waals surface area contributed by atoms with Crippen LogP contribution in [-0.4, -0.2) is 29.3 Å². The molecule has 1 aliphatic carbocycles. The number of likely N-dealkylation sites (tertiary alicyclic amines) is 1. The van der Waals surface area contributed by atoms with Crippen molar-refractivity contribution >= 4 is 5.78 Å². The average molecular weight is 237 g/mol. The van der Waals surface area contributed by atoms with Crippen molar-refractivity contribution in [2.45, 2.75) is 65.3 Å². The van der Waals surface area contributed by atoms with Gasteiger partial charge in [-0.15, -0.1) is 0 Å². The molecule has 2 aliphatic rings. The number of hydrogen-bond acceptors (Lipinski definition) is 2. The fraction of sp³-hybridized carbons (Fsp3) is 0.933. The summed E-state index contributed by atoms with van der Waals surface area (Å²) in [5.74, 6) is 0.794. The lowest BCUT2D eigenvalue weighted by Gasteiger charge is -2.39. The van der Waals surface area contributed by atoms with Crippen LogP contribution in [0.4, 0.5) is 0 Å². The lowest BCUT2D eigenvalue weighted by atomic mass is 9.71. The van der Waals surface area contributed by atoms with Gasteiger partial charge >= 0.3 is 0 Å². The molecule has 2 heteroatoms. The van der Waals surface area contributed by atoms with E-state index in [-0.39, 0.29) is 11.3 Å². The lowest BCUT2D eigenvalue weighted by molar-refractivity contribution is -0.135. The molecule has 1 atom stereocenters. The molecule has 0 aromatic carbocycles. The zero-order chi connectivity index (χ0) is 12.7. The molecular weight excluding hydrogens is 210 g/mol. The summed E-state index contributed by atoms with van der Waals surface area (Å²) in [6.45, 7) is 11.1. The highest BCUT2D eigenvalue weighted by Gasteiger charge is 2.40. The van der Waals surface area contributed by atoms with Crippen molar-refractivity contribution in [2.75, 3.05) is 13.1 Å². The third-order valence-electron chi connectivity index (χ3n) is 4.91. The first-order valence-electron chi connectivity index (χ1n) is 7.12. The monoisotopic (exact) mass is 237 g/mol. The summed E-state index contributed by atoms with van der Waals surface area (Å²) < 4.78 is 0. The van der Waals surface area contributed by atoms with E-state index in [0.717, 1.165) is 19.4 Å². The minimum absolute atomic E-state index is 0.0766. The van der Waals surface area contributed by atoms with Gasteiger partial charge in [-0.25, -0.2) is 0 Å². The molecule has 1 aliphatic heterocycles. The molecule has 17 heavy (non-hydrogen) atoms. The molecule has 0 amide bonds. The minimum atomic E-state index is -0.0766. The van der Waals surface area contributed by atoms with Crippen LogP contribution in [-0.2, 0) is 4.79 Å². The van der Waals surface area contributed by atoms with Crippen molar-refractivity contribution in [3.63, 3.8) is 0 Å². The average Bonchev–Trinajstić information content (AvgIpc) is 2.54. The Balaban J connectivity index is 2.01. The zero-order valence-corrected chi connectivity index (χ0v) is 11.9. The molecule has 0 spiro atoms. The van der Waals surface area contributed by atoms with Crippen LogP contribution in [0.15, 0.2) is 0 Å². The normalized spacial score (nSPS) is 32.9. The van der Waals surface area contributed by atoms with Crippen LogP contribution in [0, 0.1) is 11.3 Å². The summed E-state index contributed by atoms with van der Waals surface area (Å²) in [5.41, 5.74) is 0.231. The van der Waals surface area contributed by atoms with Crippen LogP contribution >= 0.6 is 0 Å². The van der Waals surface area contributed by atoms with E-state index in [0.29, 0.717) is 11.3 Å². The number of nitrogens with zero attached hydrogens (tertiary/aromatic N) is 1. The summed E-state index contributed by atoms with van der Waals surface area (Å²) >= 11 is 0. The highest BCUT2D eigenvalue weighted by atomic mass is 16.1. The molecule has 1 unspecified atom stereocenters. The number of ketones is 1. The first-order valence-corrected chi connectivity index (χ1v) is 7.12. The molecule has 98 valence electrons. The first kappa shape index (κ1) is 13.1. The van der Waals surface area contributed by atoms with E-state index in [9.17, 15) is 4.79 Å². The van der Waals surface area contributed by atoms with Crippen LogP contribution in [0.2, 0.25) is 0 Å². The van der Waals surface area contributed by atoms with Gasteiger partial charge in [0.2, 0.25) is 0 Å². The summed E-state index contributed by atoms with van der Waals surface area (Å²) in [6.07, 6.45) is 5.97. The van der Waals surface area contributed by atoms with Crippen LogP contribution in [0.5, 0.6) is 0 Å². The van der Waals surface area contributed by atoms with Gasteiger partial charge in [-0.05, 0) is 46.1 Å². The molecule has 0 aromatic heterocycles. The van der Waals surface area contributed by atoms with E-state index in [2.05, 4.69) is 32.6 Å². The quantitative estimate of drug-likeness (QED) is 0.735. The molecule has 0 radical (unpaired) electrons. The van der Waals surface area contributed by atoms with E-state index in [4.69, 9.17) is 0 Å². The Hall–Kier alpha value is -0.370. The van der Waals surface area contributed by atoms with E-state index < -0.39 is 0 Å². The Labute approximate surface area is 106 Å². The third-order valence-corrected chi connectivity index (χ3v) is 4.91. The van der Waals surface area contributed by atoms with Crippen LogP contribution in [0.25, 0.3) is 0 Å². The summed E-state index contributed by atoms with van der Waals surface area (Å²) in [4.78, 5) is 15.0. The number of Topliss-reactive ketones (excluding diaryl/α,β-unsaturated/α-hetero) is 1. The first-order chi connectivity index (χ1) is 7.83. The van der Waals surface area contributed by atoms with Crippen molar-refractivity contribution in [1.29, 1.82) is 0 Å². The van der Waals surface area contributed by atoms with Crippen LogP contribution < -0.4 is 0 Å². The predicted molar refractivity (Wildman–Crippen MR) is 71.0 cm³/mol. The number of rotatable bonds is 2. The van der Waals surface area contributed by atoms with Gasteiger partial charge in [-0.3, -0.25) is 9.69 Å². The van der Waals surface area contributed by atoms with Crippen molar-refractivity contribution < 1.29 is 4.79 Å². The SMILES string of the molecule is CC1(C)CCCC(CN2CCCC2(C)C)C1=O. The number of carbonyl (C=O) groups is 1. The van der Waals surface area contributed by atoms with Crippen molar-refractivity contribution in [3.05, 3.63) is 0 Å². The minimum Gasteiger partial charge on any atom is -0.299 e. The molecular formula is C15H27NO. The van der Waals surface area contributed by atoms with Crippen molar-refractivity contribution in [2.24, 2.45) is 11.3 Å². The second kappa shape index (κ2) is 4.38. The van der Waals surface area contributed by atoms with Gasteiger partial charge in [0.15, 0.2) is 0 Å². The number of hydrogen-bond donors (Lipinski definition) is 0. The maximum Gasteiger partial charge on any atom is 0.142 e. The largest absolute Gasteiger partial charge is 0.299 e. The second-order valence-electron chi connectivity index (χ2n) is 7.20. The Bertz CT molecular complexity index is 306. The van der Waals surface area contributed by atoms with Gasteiger partial charge in [0.05, 0.1) is 0 Å².